The zero-order valence-electron chi connectivity index (χ0n) is 13.3. The molecule has 0 aliphatic carbocycles. The summed E-state index contributed by atoms with van der Waals surface area (Å²) in [7, 11) is 0. The summed E-state index contributed by atoms with van der Waals surface area (Å²) in [4.78, 5) is 24.6. The van der Waals surface area contributed by atoms with Gasteiger partial charge in [-0.25, -0.2) is 0 Å². The van der Waals surface area contributed by atoms with Crippen molar-refractivity contribution in [2.75, 3.05) is 18.5 Å². The van der Waals surface area contributed by atoms with E-state index in [-0.39, 0.29) is 11.7 Å². The van der Waals surface area contributed by atoms with Gasteiger partial charge < -0.3 is 14.8 Å². The van der Waals surface area contributed by atoms with Crippen LogP contribution in [0.5, 0.6) is 11.5 Å². The first-order valence-electron chi connectivity index (χ1n) is 7.64. The number of nitrogens with one attached hydrogen (secondary N) is 1. The molecule has 2 aromatic rings. The number of hydrogen-bond acceptors (Lipinski definition) is 4. The quantitative estimate of drug-likeness (QED) is 0.540. The van der Waals surface area contributed by atoms with Crippen LogP contribution in [0, 0.1) is 0 Å². The second-order valence-corrected chi connectivity index (χ2v) is 7.77. The summed E-state index contributed by atoms with van der Waals surface area (Å²) in [5.41, 5.74) is 1.27. The molecule has 0 saturated carbocycles. The lowest BCUT2D eigenvalue weighted by molar-refractivity contribution is -0.115. The number of carbonyl (C=O) groups is 2. The molecule has 1 amide bonds. The third-order valence-electron chi connectivity index (χ3n) is 3.65. The van der Waals surface area contributed by atoms with Crippen LogP contribution in [0.25, 0.3) is 0 Å². The molecule has 0 aromatic heterocycles. The molecule has 1 N–H and O–H groups in total. The summed E-state index contributed by atoms with van der Waals surface area (Å²) in [5.74, 6) is 0.552. The van der Waals surface area contributed by atoms with Crippen LogP contribution in [-0.4, -0.2) is 29.7 Å². The summed E-state index contributed by atoms with van der Waals surface area (Å²) < 4.78 is 12.0. The molecule has 1 aliphatic rings. The van der Waals surface area contributed by atoms with Crippen LogP contribution in [0.15, 0.2) is 40.9 Å². The topological polar surface area (TPSA) is 64.6 Å². The maximum Gasteiger partial charge on any atom is 0.237 e. The van der Waals surface area contributed by atoms with E-state index in [1.807, 2.05) is 0 Å². The first kappa shape index (κ1) is 17.9. The molecule has 3 rings (SSSR count). The number of hydrogen-bond donors (Lipinski definition) is 1. The van der Waals surface area contributed by atoms with Crippen molar-refractivity contribution in [2.24, 2.45) is 0 Å². The predicted molar refractivity (Wildman–Crippen MR) is 102 cm³/mol. The Hall–Kier alpha value is -1.86. The molecule has 1 heterocycles. The lowest BCUT2D eigenvalue weighted by Gasteiger charge is -2.21. The third kappa shape index (κ3) is 4.04. The van der Waals surface area contributed by atoms with E-state index in [1.54, 1.807) is 43.3 Å². The normalized spacial score (nSPS) is 13.9. The van der Waals surface area contributed by atoms with Crippen molar-refractivity contribution in [3.63, 3.8) is 0 Å². The van der Waals surface area contributed by atoms with Crippen molar-refractivity contribution in [1.29, 1.82) is 0 Å². The lowest BCUT2D eigenvalue weighted by atomic mass is 10.0. The van der Waals surface area contributed by atoms with Crippen LogP contribution in [0.4, 0.5) is 5.69 Å². The minimum Gasteiger partial charge on any atom is -0.486 e. The van der Waals surface area contributed by atoms with Crippen LogP contribution in [-0.2, 0) is 4.79 Å². The first-order valence-corrected chi connectivity index (χ1v) is 9.35. The van der Waals surface area contributed by atoms with E-state index < -0.39 is 4.83 Å². The van der Waals surface area contributed by atoms with E-state index in [0.717, 1.165) is 4.47 Å². The zero-order chi connectivity index (χ0) is 18.0. The third-order valence-corrected chi connectivity index (χ3v) is 4.60. The number of amides is 1. The van der Waals surface area contributed by atoms with E-state index in [1.165, 1.54) is 0 Å². The predicted octanol–water partition coefficient (Wildman–Crippen LogP) is 4.17. The number of anilines is 1. The fourth-order valence-electron chi connectivity index (χ4n) is 2.37. The van der Waals surface area contributed by atoms with Crippen LogP contribution in [0.3, 0.4) is 0 Å². The highest BCUT2D eigenvalue weighted by Crippen LogP contribution is 2.36. The monoisotopic (exact) mass is 467 g/mol. The average molecular weight is 469 g/mol. The molecule has 2 aromatic carbocycles. The van der Waals surface area contributed by atoms with Crippen LogP contribution in [0.1, 0.15) is 22.8 Å². The van der Waals surface area contributed by atoms with Crippen molar-refractivity contribution >= 4 is 49.2 Å². The molecule has 7 heteroatoms. The Morgan fingerprint density at radius 3 is 2.28 bits per heavy atom. The van der Waals surface area contributed by atoms with E-state index in [9.17, 15) is 9.59 Å². The molecule has 25 heavy (non-hydrogen) atoms. The van der Waals surface area contributed by atoms with Gasteiger partial charge in [-0.1, -0.05) is 31.9 Å². The van der Waals surface area contributed by atoms with Gasteiger partial charge >= 0.3 is 0 Å². The average Bonchev–Trinajstić information content (AvgIpc) is 2.61. The Kier molecular flexibility index (Phi) is 5.44. The van der Waals surface area contributed by atoms with Crippen molar-refractivity contribution in [1.82, 2.24) is 0 Å². The molecule has 0 radical (unpaired) electrons. The maximum atomic E-state index is 12.9. The highest BCUT2D eigenvalue weighted by molar-refractivity contribution is 9.10. The second kappa shape index (κ2) is 7.58. The number of ketones is 1. The van der Waals surface area contributed by atoms with Gasteiger partial charge in [0.25, 0.3) is 0 Å². The van der Waals surface area contributed by atoms with Crippen molar-refractivity contribution in [3.8, 4) is 11.5 Å². The summed E-state index contributed by atoms with van der Waals surface area (Å²) in [6, 6.07) is 10.3. The molecule has 1 aliphatic heterocycles. The van der Waals surface area contributed by atoms with E-state index in [2.05, 4.69) is 37.2 Å². The summed E-state index contributed by atoms with van der Waals surface area (Å²) in [6.45, 7) is 2.56. The van der Waals surface area contributed by atoms with E-state index >= 15 is 0 Å². The van der Waals surface area contributed by atoms with Gasteiger partial charge in [-0.15, -0.1) is 0 Å². The molecule has 130 valence electrons. The van der Waals surface area contributed by atoms with Gasteiger partial charge in [0.1, 0.15) is 13.2 Å². The van der Waals surface area contributed by atoms with Crippen LogP contribution < -0.4 is 14.8 Å². The van der Waals surface area contributed by atoms with Crippen LogP contribution >= 0.6 is 31.9 Å². The molecule has 0 fully saturated rings. The number of rotatable bonds is 4. The lowest BCUT2D eigenvalue weighted by Crippen LogP contribution is -2.23. The largest absolute Gasteiger partial charge is 0.486 e. The van der Waals surface area contributed by atoms with Gasteiger partial charge in [-0.2, -0.15) is 0 Å². The molecule has 0 spiro atoms. The zero-order valence-corrected chi connectivity index (χ0v) is 16.5. The molecular weight excluding hydrogens is 454 g/mol. The minimum atomic E-state index is -0.392. The number of fused-ring (bicyclic) bond motifs is 1. The molecule has 0 bridgehead atoms. The molecule has 1 unspecified atom stereocenters. The summed E-state index contributed by atoms with van der Waals surface area (Å²) in [6.07, 6.45) is 0. The molecular formula is C18H15Br2NO4. The highest BCUT2D eigenvalue weighted by atomic mass is 79.9. The number of alkyl halides is 1. The van der Waals surface area contributed by atoms with Crippen molar-refractivity contribution in [2.45, 2.75) is 11.8 Å². The number of halogens is 2. The number of carbonyl (C=O) groups excluding carboxylic acids is 2. The Balaban J connectivity index is 2.04. The fraction of sp³-hybridized carbons (Fsp3) is 0.222. The number of ether oxygens (including phenoxy) is 2. The molecule has 0 saturated heterocycles. The van der Waals surface area contributed by atoms with Gasteiger partial charge in [0, 0.05) is 16.1 Å². The van der Waals surface area contributed by atoms with E-state index in [0.29, 0.717) is 41.5 Å². The Labute approximate surface area is 162 Å². The number of benzene rings is 2. The highest BCUT2D eigenvalue weighted by Gasteiger charge is 2.22. The standard InChI is InChI=1S/C18H15Br2NO4/c1-10(19)18(23)21-14-9-16-15(24-6-7-25-16)8-13(14)17(22)11-2-4-12(20)5-3-11/h2-5,8-10H,6-7H2,1H3,(H,21,23). The van der Waals surface area contributed by atoms with Gasteiger partial charge in [0.2, 0.25) is 5.91 Å². The second-order valence-electron chi connectivity index (χ2n) is 5.48. The SMILES string of the molecule is CC(Br)C(=O)Nc1cc2c(cc1C(=O)c1ccc(Br)cc1)OCCO2. The Morgan fingerprint density at radius 1 is 1.08 bits per heavy atom. The van der Waals surface area contributed by atoms with Gasteiger partial charge in [-0.05, 0) is 37.3 Å². The van der Waals surface area contributed by atoms with Crippen molar-refractivity contribution in [3.05, 3.63) is 52.0 Å². The summed E-state index contributed by atoms with van der Waals surface area (Å²) >= 11 is 6.58. The summed E-state index contributed by atoms with van der Waals surface area (Å²) in [5, 5.41) is 2.77. The molecule has 1 atom stereocenters. The first-order chi connectivity index (χ1) is 12.0. The molecule has 5 nitrogen and oxygen atoms in total. The van der Waals surface area contributed by atoms with E-state index in [4.69, 9.17) is 9.47 Å². The van der Waals surface area contributed by atoms with Gasteiger partial charge in [0.15, 0.2) is 17.3 Å². The van der Waals surface area contributed by atoms with Gasteiger partial charge in [-0.3, -0.25) is 9.59 Å². The Bertz CT molecular complexity index is 819. The van der Waals surface area contributed by atoms with Crippen LogP contribution in [0.2, 0.25) is 0 Å². The Morgan fingerprint density at radius 2 is 1.68 bits per heavy atom. The smallest absolute Gasteiger partial charge is 0.237 e. The van der Waals surface area contributed by atoms with Gasteiger partial charge in [0.05, 0.1) is 16.1 Å². The maximum absolute atomic E-state index is 12.9. The minimum absolute atomic E-state index is 0.206. The fourth-order valence-corrected chi connectivity index (χ4v) is 2.75. The van der Waals surface area contributed by atoms with Crippen molar-refractivity contribution < 1.29 is 19.1 Å².